The number of nitrogens with zero attached hydrogens (tertiary/aromatic N) is 3. The number of pyridine rings is 1. The number of aryl methyl sites for hydroxylation is 1. The molecule has 6 heteroatoms. The third-order valence-corrected chi connectivity index (χ3v) is 3.92. The minimum absolute atomic E-state index is 0.571. The second kappa shape index (κ2) is 5.89. The number of imidazole rings is 1. The predicted molar refractivity (Wildman–Crippen MR) is 87.6 cm³/mol. The molecule has 1 aliphatic rings. The largest absolute Gasteiger partial charge is 0.486 e. The summed E-state index contributed by atoms with van der Waals surface area (Å²) < 4.78 is 13.5. The summed E-state index contributed by atoms with van der Waals surface area (Å²) in [7, 11) is 0. The van der Waals surface area contributed by atoms with Gasteiger partial charge in [-0.1, -0.05) is 0 Å². The molecule has 23 heavy (non-hydrogen) atoms. The van der Waals surface area contributed by atoms with Crippen molar-refractivity contribution >= 4 is 11.0 Å². The zero-order valence-electron chi connectivity index (χ0n) is 12.7. The minimum atomic E-state index is 0.571. The van der Waals surface area contributed by atoms with Crippen LogP contribution < -0.4 is 15.2 Å². The van der Waals surface area contributed by atoms with Gasteiger partial charge in [0.1, 0.15) is 19.0 Å². The van der Waals surface area contributed by atoms with E-state index in [4.69, 9.17) is 20.2 Å². The maximum Gasteiger partial charge on any atom is 0.163 e. The molecule has 6 nitrogen and oxygen atoms in total. The number of hydrogen-bond donors (Lipinski definition) is 1. The highest BCUT2D eigenvalue weighted by Crippen LogP contribution is 2.36. The van der Waals surface area contributed by atoms with Crippen LogP contribution in [0.2, 0.25) is 0 Å². The van der Waals surface area contributed by atoms with Gasteiger partial charge in [-0.15, -0.1) is 0 Å². The Morgan fingerprint density at radius 1 is 1.17 bits per heavy atom. The molecule has 0 fully saturated rings. The number of fused-ring (bicyclic) bond motifs is 2. The molecule has 2 aromatic heterocycles. The number of benzene rings is 1. The third kappa shape index (κ3) is 2.51. The molecule has 4 rings (SSSR count). The van der Waals surface area contributed by atoms with Crippen molar-refractivity contribution in [3.63, 3.8) is 0 Å². The highest BCUT2D eigenvalue weighted by Gasteiger charge is 2.18. The Balaban J connectivity index is 1.90. The van der Waals surface area contributed by atoms with Crippen LogP contribution in [0.1, 0.15) is 6.42 Å². The summed E-state index contributed by atoms with van der Waals surface area (Å²) in [5.74, 6) is 2.42. The van der Waals surface area contributed by atoms with Gasteiger partial charge in [0.15, 0.2) is 11.5 Å². The lowest BCUT2D eigenvalue weighted by Gasteiger charge is -2.18. The molecule has 118 valence electrons. The summed E-state index contributed by atoms with van der Waals surface area (Å²) in [6.07, 6.45) is 4.47. The Bertz CT molecular complexity index is 829. The van der Waals surface area contributed by atoms with Crippen LogP contribution in [0.3, 0.4) is 0 Å². The lowest BCUT2D eigenvalue weighted by atomic mass is 10.2. The summed E-state index contributed by atoms with van der Waals surface area (Å²) in [5, 5.41) is 0. The third-order valence-electron chi connectivity index (χ3n) is 3.92. The Morgan fingerprint density at radius 2 is 2.00 bits per heavy atom. The van der Waals surface area contributed by atoms with Gasteiger partial charge in [0.2, 0.25) is 0 Å². The molecule has 0 spiro atoms. The van der Waals surface area contributed by atoms with Crippen LogP contribution in [0, 0.1) is 0 Å². The smallest absolute Gasteiger partial charge is 0.163 e. The Labute approximate surface area is 133 Å². The van der Waals surface area contributed by atoms with E-state index in [1.54, 1.807) is 6.20 Å². The molecule has 0 atom stereocenters. The molecule has 2 N–H and O–H groups in total. The molecular formula is C17H18N4O2. The van der Waals surface area contributed by atoms with Crippen LogP contribution >= 0.6 is 0 Å². The van der Waals surface area contributed by atoms with Gasteiger partial charge >= 0.3 is 0 Å². The topological polar surface area (TPSA) is 75.2 Å². The second-order valence-electron chi connectivity index (χ2n) is 5.46. The van der Waals surface area contributed by atoms with Crippen molar-refractivity contribution in [2.75, 3.05) is 19.8 Å². The van der Waals surface area contributed by atoms with Crippen LogP contribution in [-0.4, -0.2) is 34.3 Å². The number of aromatic nitrogens is 3. The molecular weight excluding hydrogens is 292 g/mol. The normalized spacial score (nSPS) is 13.4. The molecule has 3 heterocycles. The van der Waals surface area contributed by atoms with Gasteiger partial charge in [-0.25, -0.2) is 4.98 Å². The standard InChI is InChI=1S/C17H18N4O2/c18-4-2-6-21-14-10-16-15(22-7-8-23-16)9-13(14)20-17(21)12-3-1-5-19-11-12/h1,3,5,9-11H,2,4,6-8,18H2. The first kappa shape index (κ1) is 14.0. The number of rotatable bonds is 4. The van der Waals surface area contributed by atoms with E-state index in [0.717, 1.165) is 46.9 Å². The van der Waals surface area contributed by atoms with Crippen LogP contribution in [0.5, 0.6) is 11.5 Å². The minimum Gasteiger partial charge on any atom is -0.486 e. The second-order valence-corrected chi connectivity index (χ2v) is 5.46. The van der Waals surface area contributed by atoms with E-state index < -0.39 is 0 Å². The molecule has 0 aliphatic carbocycles. The van der Waals surface area contributed by atoms with Crippen molar-refractivity contribution in [1.82, 2.24) is 14.5 Å². The van der Waals surface area contributed by atoms with Gasteiger partial charge in [0.25, 0.3) is 0 Å². The molecule has 0 unspecified atom stereocenters. The fraction of sp³-hybridized carbons (Fsp3) is 0.294. The molecule has 0 amide bonds. The Kier molecular flexibility index (Phi) is 3.59. The van der Waals surface area contributed by atoms with Crippen LogP contribution in [0.15, 0.2) is 36.7 Å². The van der Waals surface area contributed by atoms with E-state index in [2.05, 4.69) is 9.55 Å². The lowest BCUT2D eigenvalue weighted by Crippen LogP contribution is -2.15. The molecule has 0 radical (unpaired) electrons. The molecule has 0 bridgehead atoms. The first-order valence-corrected chi connectivity index (χ1v) is 7.77. The summed E-state index contributed by atoms with van der Waals surface area (Å²) in [6.45, 7) is 2.58. The fourth-order valence-electron chi connectivity index (χ4n) is 2.85. The van der Waals surface area contributed by atoms with Crippen molar-refractivity contribution in [3.05, 3.63) is 36.7 Å². The number of ether oxygens (including phenoxy) is 2. The van der Waals surface area contributed by atoms with Gasteiger partial charge < -0.3 is 19.8 Å². The monoisotopic (exact) mass is 310 g/mol. The van der Waals surface area contributed by atoms with Crippen LogP contribution in [0.25, 0.3) is 22.4 Å². The Morgan fingerprint density at radius 3 is 2.74 bits per heavy atom. The highest BCUT2D eigenvalue weighted by molar-refractivity contribution is 5.84. The van der Waals surface area contributed by atoms with Crippen LogP contribution in [0.4, 0.5) is 0 Å². The van der Waals surface area contributed by atoms with Gasteiger partial charge in [-0.3, -0.25) is 4.98 Å². The van der Waals surface area contributed by atoms with E-state index in [1.807, 2.05) is 30.5 Å². The highest BCUT2D eigenvalue weighted by atomic mass is 16.6. The average molecular weight is 310 g/mol. The maximum atomic E-state index is 5.70. The predicted octanol–water partition coefficient (Wildman–Crippen LogP) is 2.22. The van der Waals surface area contributed by atoms with Gasteiger partial charge in [-0.2, -0.15) is 0 Å². The first-order valence-electron chi connectivity index (χ1n) is 7.77. The van der Waals surface area contributed by atoms with E-state index in [0.29, 0.717) is 19.8 Å². The molecule has 3 aromatic rings. The summed E-state index contributed by atoms with van der Waals surface area (Å²) in [4.78, 5) is 8.99. The first-order chi connectivity index (χ1) is 11.4. The molecule has 0 saturated carbocycles. The number of hydrogen-bond acceptors (Lipinski definition) is 5. The zero-order chi connectivity index (χ0) is 15.6. The summed E-state index contributed by atoms with van der Waals surface area (Å²) in [6, 6.07) is 7.88. The molecule has 1 aromatic carbocycles. The SMILES string of the molecule is NCCCn1c(-c2cccnc2)nc2cc3c(cc21)OCCO3. The van der Waals surface area contributed by atoms with Crippen molar-refractivity contribution in [2.24, 2.45) is 5.73 Å². The van der Waals surface area contributed by atoms with Crippen molar-refractivity contribution in [3.8, 4) is 22.9 Å². The number of nitrogens with two attached hydrogens (primary N) is 1. The van der Waals surface area contributed by atoms with Gasteiger partial charge in [0.05, 0.1) is 11.0 Å². The molecule has 0 saturated heterocycles. The summed E-state index contributed by atoms with van der Waals surface area (Å²) in [5.41, 5.74) is 8.61. The summed E-state index contributed by atoms with van der Waals surface area (Å²) >= 11 is 0. The lowest BCUT2D eigenvalue weighted by molar-refractivity contribution is 0.172. The van der Waals surface area contributed by atoms with Gasteiger partial charge in [0, 0.05) is 36.6 Å². The quantitative estimate of drug-likeness (QED) is 0.799. The van der Waals surface area contributed by atoms with Gasteiger partial charge in [-0.05, 0) is 25.1 Å². The van der Waals surface area contributed by atoms with Crippen molar-refractivity contribution in [2.45, 2.75) is 13.0 Å². The van der Waals surface area contributed by atoms with E-state index in [9.17, 15) is 0 Å². The van der Waals surface area contributed by atoms with E-state index in [1.165, 1.54) is 0 Å². The van der Waals surface area contributed by atoms with Crippen LogP contribution in [-0.2, 0) is 6.54 Å². The average Bonchev–Trinajstić information content (AvgIpc) is 2.96. The van der Waals surface area contributed by atoms with Crippen molar-refractivity contribution < 1.29 is 9.47 Å². The van der Waals surface area contributed by atoms with E-state index >= 15 is 0 Å². The van der Waals surface area contributed by atoms with E-state index in [-0.39, 0.29) is 0 Å². The Hall–Kier alpha value is -2.60. The fourth-order valence-corrected chi connectivity index (χ4v) is 2.85. The molecule has 1 aliphatic heterocycles. The maximum absolute atomic E-state index is 5.70. The zero-order valence-corrected chi connectivity index (χ0v) is 12.7. The van der Waals surface area contributed by atoms with Crippen molar-refractivity contribution in [1.29, 1.82) is 0 Å².